The molecule has 1 aliphatic heterocycles. The molecule has 102 valence electrons. The smallest absolute Gasteiger partial charge is 0.126 e. The Hall–Kier alpha value is -1.93. The van der Waals surface area contributed by atoms with Crippen molar-refractivity contribution in [2.45, 2.75) is 18.9 Å². The predicted molar refractivity (Wildman–Crippen MR) is 78.5 cm³/mol. The number of hydrogen-bond acceptors (Lipinski definition) is 2. The molecule has 2 aromatic rings. The van der Waals surface area contributed by atoms with E-state index in [1.807, 2.05) is 30.3 Å². The molecule has 1 heterocycles. The van der Waals surface area contributed by atoms with Gasteiger partial charge in [-0.05, 0) is 29.5 Å². The fourth-order valence-electron chi connectivity index (χ4n) is 2.89. The highest BCUT2D eigenvalue weighted by Gasteiger charge is 2.28. The summed E-state index contributed by atoms with van der Waals surface area (Å²) < 4.78 is 5.90. The van der Waals surface area contributed by atoms with E-state index in [0.29, 0.717) is 6.61 Å². The zero-order valence-electron chi connectivity index (χ0n) is 11.4. The van der Waals surface area contributed by atoms with E-state index in [-0.39, 0.29) is 12.0 Å². The number of carbonyl (C=O) groups excluding carboxylic acids is 1. The molecule has 3 rings (SSSR count). The Labute approximate surface area is 119 Å². The Kier molecular flexibility index (Phi) is 3.93. The molecule has 2 nitrogen and oxygen atoms in total. The highest BCUT2D eigenvalue weighted by Crippen LogP contribution is 2.33. The van der Waals surface area contributed by atoms with E-state index in [2.05, 4.69) is 24.3 Å². The second-order valence-electron chi connectivity index (χ2n) is 5.23. The normalized spacial score (nSPS) is 19.1. The van der Waals surface area contributed by atoms with Gasteiger partial charge in [-0.2, -0.15) is 0 Å². The molecule has 0 bridgehead atoms. The zero-order valence-corrected chi connectivity index (χ0v) is 11.4. The fraction of sp³-hybridized carbons (Fsp3) is 0.278. The van der Waals surface area contributed by atoms with Crippen LogP contribution in [0, 0.1) is 5.92 Å². The summed E-state index contributed by atoms with van der Waals surface area (Å²) in [6, 6.07) is 18.4. The molecule has 2 heteroatoms. The van der Waals surface area contributed by atoms with Crippen LogP contribution in [0.1, 0.15) is 22.8 Å². The maximum Gasteiger partial charge on any atom is 0.126 e. The van der Waals surface area contributed by atoms with Gasteiger partial charge in [-0.25, -0.2) is 0 Å². The number of hydrogen-bond donors (Lipinski definition) is 0. The predicted octanol–water partition coefficient (Wildman–Crippen LogP) is 3.36. The molecule has 0 aliphatic carbocycles. The van der Waals surface area contributed by atoms with E-state index in [1.54, 1.807) is 0 Å². The third kappa shape index (κ3) is 2.66. The molecule has 0 radical (unpaired) electrons. The lowest BCUT2D eigenvalue weighted by Crippen LogP contribution is -2.25. The number of aldehydes is 1. The third-order valence-electron chi connectivity index (χ3n) is 3.91. The van der Waals surface area contributed by atoms with E-state index < -0.39 is 0 Å². The Balaban J connectivity index is 1.85. The largest absolute Gasteiger partial charge is 0.372 e. The summed E-state index contributed by atoms with van der Waals surface area (Å²) in [5, 5.41) is 0. The molecule has 2 unspecified atom stereocenters. The molecule has 0 saturated heterocycles. The van der Waals surface area contributed by atoms with Gasteiger partial charge in [-0.1, -0.05) is 54.6 Å². The summed E-state index contributed by atoms with van der Waals surface area (Å²) in [5.41, 5.74) is 3.66. The molecule has 0 saturated carbocycles. The minimum Gasteiger partial charge on any atom is -0.372 e. The maximum absolute atomic E-state index is 11.5. The highest BCUT2D eigenvalue weighted by molar-refractivity contribution is 5.57. The van der Waals surface area contributed by atoms with Crippen LogP contribution in [0.4, 0.5) is 0 Å². The minimum atomic E-state index is -0.126. The van der Waals surface area contributed by atoms with Crippen LogP contribution in [0.25, 0.3) is 0 Å². The topological polar surface area (TPSA) is 26.3 Å². The van der Waals surface area contributed by atoms with Crippen molar-refractivity contribution in [3.05, 3.63) is 71.3 Å². The number of fused-ring (bicyclic) bond motifs is 1. The first-order chi connectivity index (χ1) is 9.88. The SMILES string of the molecule is O=CC(Cc1ccccc1)C1OCCc2ccccc21. The summed E-state index contributed by atoms with van der Waals surface area (Å²) in [4.78, 5) is 11.5. The van der Waals surface area contributed by atoms with Crippen molar-refractivity contribution >= 4 is 6.29 Å². The third-order valence-corrected chi connectivity index (χ3v) is 3.91. The van der Waals surface area contributed by atoms with E-state index in [0.717, 1.165) is 19.1 Å². The van der Waals surface area contributed by atoms with E-state index in [1.165, 1.54) is 16.7 Å². The molecule has 1 aliphatic rings. The molecule has 2 atom stereocenters. The summed E-state index contributed by atoms with van der Waals surface area (Å²) in [7, 11) is 0. The van der Waals surface area contributed by atoms with Crippen molar-refractivity contribution < 1.29 is 9.53 Å². The zero-order chi connectivity index (χ0) is 13.8. The van der Waals surface area contributed by atoms with Gasteiger partial charge < -0.3 is 9.53 Å². The summed E-state index contributed by atoms with van der Waals surface area (Å²) in [6.07, 6.45) is 2.59. The van der Waals surface area contributed by atoms with Gasteiger partial charge >= 0.3 is 0 Å². The van der Waals surface area contributed by atoms with Crippen molar-refractivity contribution in [2.24, 2.45) is 5.92 Å². The Morgan fingerprint density at radius 3 is 2.65 bits per heavy atom. The van der Waals surface area contributed by atoms with Crippen LogP contribution in [-0.4, -0.2) is 12.9 Å². The van der Waals surface area contributed by atoms with Crippen molar-refractivity contribution in [3.63, 3.8) is 0 Å². The van der Waals surface area contributed by atoms with E-state index in [4.69, 9.17) is 4.74 Å². The van der Waals surface area contributed by atoms with Crippen LogP contribution >= 0.6 is 0 Å². The molecular formula is C18H18O2. The summed E-state index contributed by atoms with van der Waals surface area (Å²) >= 11 is 0. The molecule has 0 fully saturated rings. The first-order valence-electron chi connectivity index (χ1n) is 7.07. The second kappa shape index (κ2) is 6.02. The highest BCUT2D eigenvalue weighted by atomic mass is 16.5. The Morgan fingerprint density at radius 1 is 1.10 bits per heavy atom. The molecule has 2 aromatic carbocycles. The van der Waals surface area contributed by atoms with Gasteiger partial charge in [0.15, 0.2) is 0 Å². The van der Waals surface area contributed by atoms with E-state index >= 15 is 0 Å². The number of carbonyl (C=O) groups is 1. The molecule has 0 spiro atoms. The van der Waals surface area contributed by atoms with Crippen molar-refractivity contribution in [2.75, 3.05) is 6.61 Å². The number of ether oxygens (including phenoxy) is 1. The van der Waals surface area contributed by atoms with Crippen LogP contribution in [-0.2, 0) is 22.4 Å². The molecular weight excluding hydrogens is 248 g/mol. The van der Waals surface area contributed by atoms with Crippen molar-refractivity contribution in [1.82, 2.24) is 0 Å². The van der Waals surface area contributed by atoms with E-state index in [9.17, 15) is 4.79 Å². The lowest BCUT2D eigenvalue weighted by atomic mass is 9.86. The van der Waals surface area contributed by atoms with Crippen LogP contribution in [0.3, 0.4) is 0 Å². The number of rotatable bonds is 4. The van der Waals surface area contributed by atoms with Gasteiger partial charge in [0.1, 0.15) is 6.29 Å². The quantitative estimate of drug-likeness (QED) is 0.793. The van der Waals surface area contributed by atoms with Crippen LogP contribution in [0.2, 0.25) is 0 Å². The standard InChI is InChI=1S/C18H18O2/c19-13-16(12-14-6-2-1-3-7-14)18-17-9-5-4-8-15(17)10-11-20-18/h1-9,13,16,18H,10-12H2. The Morgan fingerprint density at radius 2 is 1.85 bits per heavy atom. The molecule has 20 heavy (non-hydrogen) atoms. The second-order valence-corrected chi connectivity index (χ2v) is 5.23. The van der Waals surface area contributed by atoms with Gasteiger partial charge in [0, 0.05) is 5.92 Å². The van der Waals surface area contributed by atoms with Gasteiger partial charge in [0.05, 0.1) is 12.7 Å². The average molecular weight is 266 g/mol. The minimum absolute atomic E-state index is 0.113. The van der Waals surface area contributed by atoms with Crippen LogP contribution in [0.5, 0.6) is 0 Å². The lowest BCUT2D eigenvalue weighted by Gasteiger charge is -2.30. The van der Waals surface area contributed by atoms with Crippen molar-refractivity contribution in [1.29, 1.82) is 0 Å². The summed E-state index contributed by atoms with van der Waals surface area (Å²) in [5.74, 6) is -0.126. The van der Waals surface area contributed by atoms with Gasteiger partial charge in [-0.15, -0.1) is 0 Å². The maximum atomic E-state index is 11.5. The monoisotopic (exact) mass is 266 g/mol. The fourth-order valence-corrected chi connectivity index (χ4v) is 2.89. The lowest BCUT2D eigenvalue weighted by molar-refractivity contribution is -0.116. The van der Waals surface area contributed by atoms with Crippen LogP contribution in [0.15, 0.2) is 54.6 Å². The first-order valence-corrected chi connectivity index (χ1v) is 7.07. The van der Waals surface area contributed by atoms with Crippen LogP contribution < -0.4 is 0 Å². The Bertz CT molecular complexity index is 577. The molecule has 0 aromatic heterocycles. The number of benzene rings is 2. The molecule has 0 N–H and O–H groups in total. The summed E-state index contributed by atoms with van der Waals surface area (Å²) in [6.45, 7) is 0.695. The average Bonchev–Trinajstić information content (AvgIpc) is 2.53. The van der Waals surface area contributed by atoms with Gasteiger partial charge in [0.2, 0.25) is 0 Å². The van der Waals surface area contributed by atoms with Gasteiger partial charge in [0.25, 0.3) is 0 Å². The molecule has 0 amide bonds. The van der Waals surface area contributed by atoms with Crippen molar-refractivity contribution in [3.8, 4) is 0 Å². The first kappa shape index (κ1) is 13.1. The van der Waals surface area contributed by atoms with Gasteiger partial charge in [-0.3, -0.25) is 0 Å².